The van der Waals surface area contributed by atoms with Crippen LogP contribution in [-0.4, -0.2) is 33.3 Å². The number of carbonyl (C=O) groups excluding carboxylic acids is 1. The second-order valence-electron chi connectivity index (χ2n) is 6.08. The van der Waals surface area contributed by atoms with Crippen LogP contribution in [0.4, 0.5) is 11.6 Å². The summed E-state index contributed by atoms with van der Waals surface area (Å²) < 4.78 is 1.85. The molecule has 1 aliphatic rings. The Morgan fingerprint density at radius 1 is 1.43 bits per heavy atom. The van der Waals surface area contributed by atoms with Gasteiger partial charge < -0.3 is 10.2 Å². The van der Waals surface area contributed by atoms with E-state index in [9.17, 15) is 4.79 Å². The first-order valence-electron chi connectivity index (χ1n) is 7.67. The number of nitrogens with one attached hydrogen (secondary N) is 1. The summed E-state index contributed by atoms with van der Waals surface area (Å²) in [7, 11) is 0. The predicted molar refractivity (Wildman–Crippen MR) is 90.8 cm³/mol. The highest BCUT2D eigenvalue weighted by molar-refractivity contribution is 6.31. The van der Waals surface area contributed by atoms with E-state index in [1.165, 1.54) is 6.33 Å². The Morgan fingerprint density at radius 3 is 3.00 bits per heavy atom. The first kappa shape index (κ1) is 15.8. The minimum Gasteiger partial charge on any atom is -0.329 e. The Kier molecular flexibility index (Phi) is 4.26. The van der Waals surface area contributed by atoms with Gasteiger partial charge in [-0.1, -0.05) is 24.6 Å². The van der Waals surface area contributed by atoms with Crippen molar-refractivity contribution in [2.75, 3.05) is 16.8 Å². The number of hydrogen-bond donors (Lipinski definition) is 1. The Morgan fingerprint density at radius 2 is 2.22 bits per heavy atom. The number of benzene rings is 1. The van der Waals surface area contributed by atoms with E-state index in [1.54, 1.807) is 0 Å². The molecule has 0 bridgehead atoms. The third kappa shape index (κ3) is 3.03. The van der Waals surface area contributed by atoms with Crippen molar-refractivity contribution in [2.24, 2.45) is 5.92 Å². The lowest BCUT2D eigenvalue weighted by molar-refractivity contribution is -0.117. The number of halogens is 1. The molecule has 3 rings (SSSR count). The minimum absolute atomic E-state index is 0.0842. The Labute approximate surface area is 140 Å². The number of rotatable bonds is 3. The van der Waals surface area contributed by atoms with Crippen LogP contribution in [0.3, 0.4) is 0 Å². The molecule has 7 heteroatoms. The molecule has 0 spiro atoms. The molecule has 1 aromatic heterocycles. The molecule has 6 nitrogen and oxygen atoms in total. The Bertz CT molecular complexity index is 729. The van der Waals surface area contributed by atoms with Gasteiger partial charge in [0, 0.05) is 23.8 Å². The van der Waals surface area contributed by atoms with Crippen LogP contribution in [0.2, 0.25) is 5.02 Å². The molecule has 0 radical (unpaired) electrons. The number of amides is 1. The number of hydrogen-bond acceptors (Lipinski definition) is 4. The molecule has 23 heavy (non-hydrogen) atoms. The molecule has 1 aliphatic heterocycles. The summed E-state index contributed by atoms with van der Waals surface area (Å²) in [6.45, 7) is 7.52. The molecule has 0 saturated heterocycles. The van der Waals surface area contributed by atoms with Gasteiger partial charge in [-0.3, -0.25) is 4.79 Å². The maximum absolute atomic E-state index is 12.7. The quantitative estimate of drug-likeness (QED) is 0.938. The largest absolute Gasteiger partial charge is 0.329 e. The molecule has 0 aliphatic carbocycles. The van der Waals surface area contributed by atoms with Crippen molar-refractivity contribution in [2.45, 2.75) is 33.4 Å². The molecule has 1 aromatic carbocycles. The van der Waals surface area contributed by atoms with Gasteiger partial charge in [-0.25, -0.2) is 4.68 Å². The van der Waals surface area contributed by atoms with Crippen LogP contribution in [0.1, 0.15) is 19.4 Å². The summed E-state index contributed by atoms with van der Waals surface area (Å²) >= 11 is 6.11. The summed E-state index contributed by atoms with van der Waals surface area (Å²) in [6, 6.07) is 5.15. The van der Waals surface area contributed by atoms with Crippen LogP contribution >= 0.6 is 11.6 Å². The summed E-state index contributed by atoms with van der Waals surface area (Å²) in [5.74, 6) is 1.07. The molecule has 0 fully saturated rings. The van der Waals surface area contributed by atoms with Gasteiger partial charge in [0.1, 0.15) is 12.4 Å². The lowest BCUT2D eigenvalue weighted by Crippen LogP contribution is -2.48. The molecule has 2 heterocycles. The Hall–Kier alpha value is -2.08. The lowest BCUT2D eigenvalue weighted by Gasteiger charge is -2.35. The van der Waals surface area contributed by atoms with Crippen molar-refractivity contribution in [1.82, 2.24) is 14.8 Å². The van der Waals surface area contributed by atoms with E-state index in [0.29, 0.717) is 10.9 Å². The zero-order valence-electron chi connectivity index (χ0n) is 13.5. The molecular weight excluding hydrogens is 314 g/mol. The normalized spacial score (nSPS) is 18.4. The fraction of sp³-hybridized carbons (Fsp3) is 0.438. The standard InChI is InChI=1S/C16H20ClN5O/c1-10-7-21(16-18-9-19-22(16)8-10)12(3)15(23)20-14-6-4-5-13(17)11(14)2/h4-6,9-10,12H,7-8H2,1-3H3,(H,20,23). The highest BCUT2D eigenvalue weighted by Gasteiger charge is 2.30. The third-order valence-corrected chi connectivity index (χ3v) is 4.63. The number of carbonyl (C=O) groups is 1. The van der Waals surface area contributed by atoms with Crippen molar-refractivity contribution in [3.63, 3.8) is 0 Å². The minimum atomic E-state index is -0.348. The van der Waals surface area contributed by atoms with Gasteiger partial charge in [0.2, 0.25) is 11.9 Å². The van der Waals surface area contributed by atoms with E-state index in [0.717, 1.165) is 30.3 Å². The molecular formula is C16H20ClN5O. The molecule has 122 valence electrons. The third-order valence-electron chi connectivity index (χ3n) is 4.22. The fourth-order valence-corrected chi connectivity index (χ4v) is 3.01. The van der Waals surface area contributed by atoms with Gasteiger partial charge in [-0.05, 0) is 37.5 Å². The fourth-order valence-electron chi connectivity index (χ4n) is 2.83. The summed E-state index contributed by atoms with van der Waals surface area (Å²) in [5.41, 5.74) is 1.60. The van der Waals surface area contributed by atoms with Gasteiger partial charge in [-0.2, -0.15) is 10.1 Å². The number of nitrogens with zero attached hydrogens (tertiary/aromatic N) is 4. The van der Waals surface area contributed by atoms with E-state index in [1.807, 2.05) is 41.6 Å². The molecule has 1 amide bonds. The van der Waals surface area contributed by atoms with Crippen LogP contribution in [0, 0.1) is 12.8 Å². The van der Waals surface area contributed by atoms with E-state index in [4.69, 9.17) is 11.6 Å². The van der Waals surface area contributed by atoms with Crippen molar-refractivity contribution in [1.29, 1.82) is 0 Å². The molecule has 2 atom stereocenters. The lowest BCUT2D eigenvalue weighted by atomic mass is 10.1. The monoisotopic (exact) mass is 333 g/mol. The zero-order valence-corrected chi connectivity index (χ0v) is 14.2. The SMILES string of the molecule is Cc1c(Cl)cccc1NC(=O)C(C)N1CC(C)Cn2ncnc21. The van der Waals surface area contributed by atoms with Gasteiger partial charge in [0.15, 0.2) is 0 Å². The van der Waals surface area contributed by atoms with Crippen LogP contribution in [0.15, 0.2) is 24.5 Å². The summed E-state index contributed by atoms with van der Waals surface area (Å²) in [4.78, 5) is 18.9. The smallest absolute Gasteiger partial charge is 0.246 e. The molecule has 2 unspecified atom stereocenters. The maximum Gasteiger partial charge on any atom is 0.246 e. The maximum atomic E-state index is 12.7. The van der Waals surface area contributed by atoms with Gasteiger partial charge in [-0.15, -0.1) is 0 Å². The predicted octanol–water partition coefficient (Wildman–Crippen LogP) is 2.72. The molecule has 1 N–H and O–H groups in total. The number of anilines is 2. The van der Waals surface area contributed by atoms with Gasteiger partial charge >= 0.3 is 0 Å². The Balaban J connectivity index is 1.79. The second-order valence-corrected chi connectivity index (χ2v) is 6.48. The van der Waals surface area contributed by atoms with E-state index < -0.39 is 0 Å². The van der Waals surface area contributed by atoms with Crippen molar-refractivity contribution >= 4 is 29.1 Å². The van der Waals surface area contributed by atoms with Crippen molar-refractivity contribution in [3.8, 4) is 0 Å². The molecule has 2 aromatic rings. The van der Waals surface area contributed by atoms with E-state index in [2.05, 4.69) is 22.3 Å². The van der Waals surface area contributed by atoms with Crippen LogP contribution in [-0.2, 0) is 11.3 Å². The molecule has 0 saturated carbocycles. The van der Waals surface area contributed by atoms with Crippen LogP contribution in [0.25, 0.3) is 0 Å². The van der Waals surface area contributed by atoms with E-state index >= 15 is 0 Å². The number of aromatic nitrogens is 3. The first-order valence-corrected chi connectivity index (χ1v) is 8.05. The summed E-state index contributed by atoms with van der Waals surface area (Å²) in [6.07, 6.45) is 1.53. The highest BCUT2D eigenvalue weighted by Crippen LogP contribution is 2.25. The van der Waals surface area contributed by atoms with Gasteiger partial charge in [0.25, 0.3) is 0 Å². The van der Waals surface area contributed by atoms with Gasteiger partial charge in [0.05, 0.1) is 0 Å². The average molecular weight is 334 g/mol. The van der Waals surface area contributed by atoms with Crippen molar-refractivity contribution < 1.29 is 4.79 Å². The van der Waals surface area contributed by atoms with Crippen molar-refractivity contribution in [3.05, 3.63) is 35.1 Å². The highest BCUT2D eigenvalue weighted by atomic mass is 35.5. The zero-order chi connectivity index (χ0) is 16.6. The average Bonchev–Trinajstić information content (AvgIpc) is 2.98. The first-order chi connectivity index (χ1) is 11.0. The van der Waals surface area contributed by atoms with Crippen LogP contribution in [0.5, 0.6) is 0 Å². The van der Waals surface area contributed by atoms with E-state index in [-0.39, 0.29) is 11.9 Å². The topological polar surface area (TPSA) is 63.1 Å². The number of fused-ring (bicyclic) bond motifs is 1. The van der Waals surface area contributed by atoms with Crippen LogP contribution < -0.4 is 10.2 Å². The summed E-state index contributed by atoms with van der Waals surface area (Å²) in [5, 5.41) is 7.83. The second kappa shape index (κ2) is 6.20.